The summed E-state index contributed by atoms with van der Waals surface area (Å²) in [6.45, 7) is 2.08. The number of carbonyl (C=O) groups is 2. The Hall–Kier alpha value is -2.97. The molecule has 7 nitrogen and oxygen atoms in total. The van der Waals surface area contributed by atoms with Crippen LogP contribution in [0, 0.1) is 0 Å². The summed E-state index contributed by atoms with van der Waals surface area (Å²) in [6.07, 6.45) is 3.03. The molecule has 1 heterocycles. The molecule has 0 aliphatic rings. The Morgan fingerprint density at radius 2 is 1.94 bits per heavy atom. The van der Waals surface area contributed by atoms with Crippen LogP contribution in [-0.4, -0.2) is 30.1 Å². The van der Waals surface area contributed by atoms with Gasteiger partial charge in [-0.3, -0.25) is 0 Å². The Kier molecular flexibility index (Phi) is 9.42. The third kappa shape index (κ3) is 7.01. The Morgan fingerprint density at radius 3 is 2.65 bits per heavy atom. The van der Waals surface area contributed by atoms with Gasteiger partial charge in [-0.05, 0) is 42.0 Å². The van der Waals surface area contributed by atoms with Gasteiger partial charge in [0.15, 0.2) is 5.75 Å². The molecule has 3 aromatic rings. The maximum absolute atomic E-state index is 12.9. The smallest absolute Gasteiger partial charge is 0.408 e. The van der Waals surface area contributed by atoms with E-state index in [0.717, 1.165) is 17.5 Å². The minimum Gasteiger partial charge on any atom is -0.445 e. The monoisotopic (exact) mass is 503 g/mol. The van der Waals surface area contributed by atoms with Crippen molar-refractivity contribution in [2.24, 2.45) is 0 Å². The van der Waals surface area contributed by atoms with Crippen LogP contribution in [0.2, 0.25) is 5.02 Å². The lowest BCUT2D eigenvalue weighted by molar-refractivity contribution is -0.136. The van der Waals surface area contributed by atoms with Gasteiger partial charge >= 0.3 is 17.7 Å². The molecule has 2 aromatic carbocycles. The third-order valence-corrected chi connectivity index (χ3v) is 5.95. The number of nitrogens with one attached hydrogen (secondary N) is 1. The number of aryl methyl sites for hydroxylation is 1. The van der Waals surface area contributed by atoms with Crippen molar-refractivity contribution in [3.63, 3.8) is 0 Å². The Labute approximate surface area is 206 Å². The van der Waals surface area contributed by atoms with Crippen molar-refractivity contribution >= 4 is 46.4 Å². The first-order valence-corrected chi connectivity index (χ1v) is 12.6. The molecule has 180 valence electrons. The molecule has 1 atom stereocenters. The van der Waals surface area contributed by atoms with Crippen LogP contribution < -0.4 is 15.7 Å². The number of carbonyl (C=O) groups excluding carboxylic acids is 2. The Morgan fingerprint density at radius 1 is 1.18 bits per heavy atom. The third-order valence-electron chi connectivity index (χ3n) is 5.01. The number of fused-ring (bicyclic) bond motifs is 1. The molecule has 1 amide bonds. The molecule has 3 rings (SSSR count). The number of ether oxygens (including phenoxy) is 2. The first-order chi connectivity index (χ1) is 16.4. The molecular formula is C25H26ClNO6S. The number of amides is 1. The fourth-order valence-corrected chi connectivity index (χ4v) is 4.03. The van der Waals surface area contributed by atoms with E-state index >= 15 is 0 Å². The zero-order valence-electron chi connectivity index (χ0n) is 19.0. The molecule has 1 unspecified atom stereocenters. The van der Waals surface area contributed by atoms with Crippen LogP contribution in [-0.2, 0) is 22.6 Å². The average molecular weight is 504 g/mol. The molecule has 34 heavy (non-hydrogen) atoms. The molecular weight excluding hydrogens is 478 g/mol. The number of hydrogen-bond acceptors (Lipinski definition) is 7. The quantitative estimate of drug-likeness (QED) is 0.226. The molecule has 1 aromatic heterocycles. The van der Waals surface area contributed by atoms with E-state index in [9.17, 15) is 14.4 Å². The van der Waals surface area contributed by atoms with Gasteiger partial charge in [0.25, 0.3) is 0 Å². The summed E-state index contributed by atoms with van der Waals surface area (Å²) < 4.78 is 16.0. The first-order valence-electron chi connectivity index (χ1n) is 10.9. The maximum atomic E-state index is 12.9. The number of esters is 1. The highest BCUT2D eigenvalue weighted by Gasteiger charge is 2.25. The molecule has 0 saturated heterocycles. The van der Waals surface area contributed by atoms with Crippen molar-refractivity contribution in [1.82, 2.24) is 5.32 Å². The highest BCUT2D eigenvalue weighted by molar-refractivity contribution is 7.98. The normalized spacial score (nSPS) is 11.7. The molecule has 0 aliphatic heterocycles. The van der Waals surface area contributed by atoms with E-state index in [1.54, 1.807) is 6.07 Å². The van der Waals surface area contributed by atoms with Crippen molar-refractivity contribution in [2.45, 2.75) is 38.8 Å². The van der Waals surface area contributed by atoms with Crippen LogP contribution in [0.5, 0.6) is 5.75 Å². The topological polar surface area (TPSA) is 94.8 Å². The number of benzene rings is 2. The summed E-state index contributed by atoms with van der Waals surface area (Å²) in [7, 11) is 0. The van der Waals surface area contributed by atoms with Crippen molar-refractivity contribution in [2.75, 3.05) is 12.0 Å². The fraction of sp³-hybridized carbons (Fsp3) is 0.320. The molecule has 0 fully saturated rings. The van der Waals surface area contributed by atoms with Crippen molar-refractivity contribution in [3.8, 4) is 5.75 Å². The highest BCUT2D eigenvalue weighted by atomic mass is 35.5. The lowest BCUT2D eigenvalue weighted by atomic mass is 10.1. The summed E-state index contributed by atoms with van der Waals surface area (Å²) in [5.41, 5.74) is 1.43. The SMILES string of the molecule is CCCc1cc(=O)oc2cc(OC(=O)C(CCSC)NC(=O)OCc3ccccc3)c(Cl)cc12. The van der Waals surface area contributed by atoms with E-state index in [-0.39, 0.29) is 23.0 Å². The van der Waals surface area contributed by atoms with E-state index in [2.05, 4.69) is 5.32 Å². The Balaban J connectivity index is 1.74. The number of thioether (sulfide) groups is 1. The van der Waals surface area contributed by atoms with Crippen molar-refractivity contribution in [1.29, 1.82) is 0 Å². The lowest BCUT2D eigenvalue weighted by Crippen LogP contribution is -2.43. The predicted octanol–water partition coefficient (Wildman–Crippen LogP) is 5.35. The van der Waals surface area contributed by atoms with Gasteiger partial charge in [0.05, 0.1) is 5.02 Å². The van der Waals surface area contributed by atoms with Gasteiger partial charge in [0.2, 0.25) is 0 Å². The van der Waals surface area contributed by atoms with Crippen molar-refractivity contribution in [3.05, 3.63) is 75.1 Å². The van der Waals surface area contributed by atoms with Crippen molar-refractivity contribution < 1.29 is 23.5 Å². The van der Waals surface area contributed by atoms with E-state index in [1.807, 2.05) is 43.5 Å². The number of hydrogen-bond donors (Lipinski definition) is 1. The van der Waals surface area contributed by atoms with Crippen LogP contribution >= 0.6 is 23.4 Å². The predicted molar refractivity (Wildman–Crippen MR) is 134 cm³/mol. The molecule has 0 bridgehead atoms. The van der Waals surface area contributed by atoms with Gasteiger partial charge in [-0.15, -0.1) is 0 Å². The van der Waals surface area contributed by atoms with Gasteiger partial charge in [-0.2, -0.15) is 11.8 Å². The van der Waals surface area contributed by atoms with Crippen LogP contribution in [0.25, 0.3) is 11.0 Å². The van der Waals surface area contributed by atoms with Gasteiger partial charge in [-0.25, -0.2) is 14.4 Å². The van der Waals surface area contributed by atoms with E-state index < -0.39 is 23.7 Å². The molecule has 1 N–H and O–H groups in total. The largest absolute Gasteiger partial charge is 0.445 e. The molecule has 0 radical (unpaired) electrons. The Bertz CT molecular complexity index is 1200. The standard InChI is InChI=1S/C25H26ClNO6S/c1-3-7-17-12-23(28)32-21-14-22(19(26)13-18(17)21)33-24(29)20(10-11-34-2)27-25(30)31-15-16-8-5-4-6-9-16/h4-6,8-9,12-14,20H,3,7,10-11,15H2,1-2H3,(H,27,30). The highest BCUT2D eigenvalue weighted by Crippen LogP contribution is 2.32. The van der Waals surface area contributed by atoms with Crippen LogP contribution in [0.4, 0.5) is 4.79 Å². The maximum Gasteiger partial charge on any atom is 0.408 e. The summed E-state index contributed by atoms with van der Waals surface area (Å²) in [6, 6.07) is 12.8. The zero-order chi connectivity index (χ0) is 24.5. The minimum atomic E-state index is -0.944. The number of halogens is 1. The summed E-state index contributed by atoms with van der Waals surface area (Å²) in [4.78, 5) is 37.1. The zero-order valence-corrected chi connectivity index (χ0v) is 20.5. The second-order valence-corrected chi connectivity index (χ2v) is 8.97. The van der Waals surface area contributed by atoms with E-state index in [4.69, 9.17) is 25.5 Å². The van der Waals surface area contributed by atoms with Gasteiger partial charge < -0.3 is 19.2 Å². The lowest BCUT2D eigenvalue weighted by Gasteiger charge is -2.18. The molecule has 0 aliphatic carbocycles. The average Bonchev–Trinajstić information content (AvgIpc) is 2.82. The van der Waals surface area contributed by atoms with Crippen LogP contribution in [0.15, 0.2) is 57.7 Å². The van der Waals surface area contributed by atoms with E-state index in [1.165, 1.54) is 23.9 Å². The molecule has 9 heteroatoms. The minimum absolute atomic E-state index is 0.0459. The number of alkyl carbamates (subject to hydrolysis) is 1. The fourth-order valence-electron chi connectivity index (χ4n) is 3.35. The van der Waals surface area contributed by atoms with Crippen LogP contribution in [0.3, 0.4) is 0 Å². The number of rotatable bonds is 10. The van der Waals surface area contributed by atoms with Gasteiger partial charge in [0.1, 0.15) is 18.2 Å². The summed E-state index contributed by atoms with van der Waals surface area (Å²) in [5, 5.41) is 3.45. The van der Waals surface area contributed by atoms with Crippen LogP contribution in [0.1, 0.15) is 30.9 Å². The molecule has 0 saturated carbocycles. The molecule has 0 spiro atoms. The van der Waals surface area contributed by atoms with Gasteiger partial charge in [0, 0.05) is 17.5 Å². The first kappa shape index (κ1) is 25.6. The second kappa shape index (κ2) is 12.5. The summed E-state index contributed by atoms with van der Waals surface area (Å²) in [5.74, 6) is -0.0389. The van der Waals surface area contributed by atoms with E-state index in [0.29, 0.717) is 24.0 Å². The summed E-state index contributed by atoms with van der Waals surface area (Å²) >= 11 is 7.91. The second-order valence-electron chi connectivity index (χ2n) is 7.58. The van der Waals surface area contributed by atoms with Gasteiger partial charge in [-0.1, -0.05) is 55.3 Å².